The van der Waals surface area contributed by atoms with E-state index in [1.54, 1.807) is 0 Å². The zero-order chi connectivity index (χ0) is 15.6. The van der Waals surface area contributed by atoms with Crippen LogP contribution in [0, 0.1) is 10.1 Å². The molecule has 0 bridgehead atoms. The standard InChI is InChI=1S/C12H15N3O5S/c1-14(8-12(16)13-9-2-3-9)21(19,20)11-6-4-10(5-7-11)15(17)18/h4-7,9H,2-3,8H2,1H3,(H,13,16). The molecule has 9 heteroatoms. The first-order valence-electron chi connectivity index (χ1n) is 6.31. The number of carbonyl (C=O) groups excluding carboxylic acids is 1. The number of nitro benzene ring substituents is 1. The lowest BCUT2D eigenvalue weighted by atomic mass is 10.3. The number of amides is 1. The maximum absolute atomic E-state index is 12.2. The number of rotatable bonds is 6. The SMILES string of the molecule is CN(CC(=O)NC1CC1)S(=O)(=O)c1ccc([N+](=O)[O-])cc1. The minimum absolute atomic E-state index is 0.0881. The summed E-state index contributed by atoms with van der Waals surface area (Å²) in [5, 5.41) is 13.2. The van der Waals surface area contributed by atoms with Crippen molar-refractivity contribution in [1.29, 1.82) is 0 Å². The lowest BCUT2D eigenvalue weighted by Gasteiger charge is -2.16. The minimum Gasteiger partial charge on any atom is -0.352 e. The number of nitro groups is 1. The van der Waals surface area contributed by atoms with Crippen LogP contribution in [0.25, 0.3) is 0 Å². The second-order valence-electron chi connectivity index (χ2n) is 4.85. The number of nitrogens with one attached hydrogen (secondary N) is 1. The van der Waals surface area contributed by atoms with Crippen LogP contribution in [0.1, 0.15) is 12.8 Å². The van der Waals surface area contributed by atoms with E-state index >= 15 is 0 Å². The maximum atomic E-state index is 12.2. The van der Waals surface area contributed by atoms with E-state index < -0.39 is 14.9 Å². The molecule has 0 heterocycles. The van der Waals surface area contributed by atoms with Crippen LogP contribution < -0.4 is 5.32 Å². The third-order valence-electron chi connectivity index (χ3n) is 3.06. The Morgan fingerprint density at radius 2 is 1.95 bits per heavy atom. The van der Waals surface area contributed by atoms with Crippen LogP contribution in [0.3, 0.4) is 0 Å². The molecule has 21 heavy (non-hydrogen) atoms. The number of nitrogens with zero attached hydrogens (tertiary/aromatic N) is 2. The zero-order valence-electron chi connectivity index (χ0n) is 11.4. The predicted octanol–water partition coefficient (Wildman–Crippen LogP) is 0.494. The third kappa shape index (κ3) is 3.76. The Morgan fingerprint density at radius 3 is 2.43 bits per heavy atom. The van der Waals surface area contributed by atoms with Crippen molar-refractivity contribution in [3.8, 4) is 0 Å². The average molecular weight is 313 g/mol. The second kappa shape index (κ2) is 5.78. The Morgan fingerprint density at radius 1 is 1.38 bits per heavy atom. The molecule has 1 aromatic rings. The van der Waals surface area contributed by atoms with Gasteiger partial charge in [0.15, 0.2) is 0 Å². The molecule has 0 atom stereocenters. The number of hydrogen-bond donors (Lipinski definition) is 1. The van der Waals surface area contributed by atoms with E-state index in [1.807, 2.05) is 0 Å². The van der Waals surface area contributed by atoms with Gasteiger partial charge in [0, 0.05) is 25.2 Å². The molecule has 0 unspecified atom stereocenters. The molecule has 1 aliphatic rings. The topological polar surface area (TPSA) is 110 Å². The summed E-state index contributed by atoms with van der Waals surface area (Å²) in [5.41, 5.74) is -0.192. The van der Waals surface area contributed by atoms with Crippen LogP contribution in [0.5, 0.6) is 0 Å². The molecule has 0 saturated heterocycles. The number of carbonyl (C=O) groups is 1. The second-order valence-corrected chi connectivity index (χ2v) is 6.90. The zero-order valence-corrected chi connectivity index (χ0v) is 12.2. The van der Waals surface area contributed by atoms with Crippen molar-refractivity contribution in [3.05, 3.63) is 34.4 Å². The minimum atomic E-state index is -3.84. The van der Waals surface area contributed by atoms with Gasteiger partial charge in [-0.25, -0.2) is 8.42 Å². The van der Waals surface area contributed by atoms with E-state index in [2.05, 4.69) is 5.32 Å². The highest BCUT2D eigenvalue weighted by Crippen LogP contribution is 2.20. The Balaban J connectivity index is 2.08. The van der Waals surface area contributed by atoms with Crippen LogP contribution in [-0.4, -0.2) is 43.2 Å². The lowest BCUT2D eigenvalue weighted by molar-refractivity contribution is -0.384. The fourth-order valence-corrected chi connectivity index (χ4v) is 2.84. The van der Waals surface area contributed by atoms with Crippen molar-refractivity contribution in [2.24, 2.45) is 0 Å². The molecule has 0 radical (unpaired) electrons. The summed E-state index contributed by atoms with van der Waals surface area (Å²) in [4.78, 5) is 21.5. The van der Waals surface area contributed by atoms with Gasteiger partial charge in [-0.1, -0.05) is 0 Å². The van der Waals surface area contributed by atoms with Gasteiger partial charge in [0.05, 0.1) is 16.4 Å². The number of non-ortho nitro benzene ring substituents is 1. The Bertz CT molecular complexity index is 652. The largest absolute Gasteiger partial charge is 0.352 e. The maximum Gasteiger partial charge on any atom is 0.269 e. The van der Waals surface area contributed by atoms with Crippen LogP contribution in [0.4, 0.5) is 5.69 Å². The normalized spacial score (nSPS) is 15.0. The first-order valence-corrected chi connectivity index (χ1v) is 7.75. The number of benzene rings is 1. The molecular formula is C12H15N3O5S. The van der Waals surface area contributed by atoms with Crippen molar-refractivity contribution >= 4 is 21.6 Å². The van der Waals surface area contributed by atoms with Gasteiger partial charge >= 0.3 is 0 Å². The summed E-state index contributed by atoms with van der Waals surface area (Å²) in [6.07, 6.45) is 1.84. The van der Waals surface area contributed by atoms with Crippen LogP contribution in [-0.2, 0) is 14.8 Å². The summed E-state index contributed by atoms with van der Waals surface area (Å²) in [5.74, 6) is -0.356. The molecule has 1 fully saturated rings. The highest BCUT2D eigenvalue weighted by molar-refractivity contribution is 7.89. The van der Waals surface area contributed by atoms with E-state index in [-0.39, 0.29) is 29.1 Å². The van der Waals surface area contributed by atoms with Gasteiger partial charge in [0.25, 0.3) is 5.69 Å². The molecule has 8 nitrogen and oxygen atoms in total. The highest BCUT2D eigenvalue weighted by atomic mass is 32.2. The summed E-state index contributed by atoms with van der Waals surface area (Å²) in [6, 6.07) is 4.70. The van der Waals surface area contributed by atoms with E-state index in [1.165, 1.54) is 7.05 Å². The average Bonchev–Trinajstić information content (AvgIpc) is 3.22. The fourth-order valence-electron chi connectivity index (χ4n) is 1.71. The molecule has 0 spiro atoms. The summed E-state index contributed by atoms with van der Waals surface area (Å²) >= 11 is 0. The molecular weight excluding hydrogens is 298 g/mol. The van der Waals surface area contributed by atoms with E-state index in [9.17, 15) is 23.3 Å². The molecule has 1 aliphatic carbocycles. The molecule has 2 rings (SSSR count). The number of likely N-dealkylation sites (N-methyl/N-ethyl adjacent to an activating group) is 1. The number of sulfonamides is 1. The van der Waals surface area contributed by atoms with Gasteiger partial charge in [-0.15, -0.1) is 0 Å². The van der Waals surface area contributed by atoms with Crippen molar-refractivity contribution in [3.63, 3.8) is 0 Å². The third-order valence-corrected chi connectivity index (χ3v) is 4.88. The van der Waals surface area contributed by atoms with E-state index in [4.69, 9.17) is 0 Å². The summed E-state index contributed by atoms with van der Waals surface area (Å²) < 4.78 is 25.4. The van der Waals surface area contributed by atoms with Gasteiger partial charge in [-0.05, 0) is 25.0 Å². The number of hydrogen-bond acceptors (Lipinski definition) is 5. The summed E-state index contributed by atoms with van der Waals surface area (Å²) in [6.45, 7) is -0.282. The Kier molecular flexibility index (Phi) is 4.24. The van der Waals surface area contributed by atoms with E-state index in [0.29, 0.717) is 0 Å². The molecule has 1 saturated carbocycles. The van der Waals surface area contributed by atoms with Crippen molar-refractivity contribution in [2.45, 2.75) is 23.8 Å². The molecule has 114 valence electrons. The van der Waals surface area contributed by atoms with Gasteiger partial charge < -0.3 is 5.32 Å². The van der Waals surface area contributed by atoms with Crippen LogP contribution >= 0.6 is 0 Å². The first-order chi connectivity index (χ1) is 9.80. The van der Waals surface area contributed by atoms with Crippen molar-refractivity contribution in [2.75, 3.05) is 13.6 Å². The Hall–Kier alpha value is -2.00. The molecule has 0 aromatic heterocycles. The Labute approximate surface area is 122 Å². The van der Waals surface area contributed by atoms with Gasteiger partial charge in [0.2, 0.25) is 15.9 Å². The van der Waals surface area contributed by atoms with Crippen molar-refractivity contribution < 1.29 is 18.1 Å². The van der Waals surface area contributed by atoms with Gasteiger partial charge in [-0.2, -0.15) is 4.31 Å². The predicted molar refractivity (Wildman–Crippen MR) is 74.1 cm³/mol. The highest BCUT2D eigenvalue weighted by Gasteiger charge is 2.27. The summed E-state index contributed by atoms with van der Waals surface area (Å²) in [7, 11) is -2.55. The van der Waals surface area contributed by atoms with Crippen LogP contribution in [0.15, 0.2) is 29.2 Å². The van der Waals surface area contributed by atoms with Crippen molar-refractivity contribution in [1.82, 2.24) is 9.62 Å². The first kappa shape index (κ1) is 15.4. The van der Waals surface area contributed by atoms with Crippen LogP contribution in [0.2, 0.25) is 0 Å². The monoisotopic (exact) mass is 313 g/mol. The van der Waals surface area contributed by atoms with E-state index in [0.717, 1.165) is 41.4 Å². The molecule has 0 aliphatic heterocycles. The fraction of sp³-hybridized carbons (Fsp3) is 0.417. The molecule has 1 aromatic carbocycles. The molecule has 1 N–H and O–H groups in total. The lowest BCUT2D eigenvalue weighted by Crippen LogP contribution is -2.39. The van der Waals surface area contributed by atoms with Gasteiger partial charge in [0.1, 0.15) is 0 Å². The smallest absolute Gasteiger partial charge is 0.269 e. The quantitative estimate of drug-likeness (QED) is 0.607. The molecule has 1 amide bonds. The van der Waals surface area contributed by atoms with Gasteiger partial charge in [-0.3, -0.25) is 14.9 Å².